The minimum atomic E-state index is 0.114. The molecule has 0 atom stereocenters. The van der Waals surface area contributed by atoms with Gasteiger partial charge in [-0.25, -0.2) is 0 Å². The molecule has 4 aromatic carbocycles. The van der Waals surface area contributed by atoms with Crippen LogP contribution in [0.2, 0.25) is 0 Å². The van der Waals surface area contributed by atoms with E-state index >= 15 is 0 Å². The van der Waals surface area contributed by atoms with Crippen LogP contribution in [0, 0.1) is 0 Å². The molecule has 4 nitrogen and oxygen atoms in total. The Kier molecular flexibility index (Phi) is 4.07. The highest BCUT2D eigenvalue weighted by molar-refractivity contribution is 6.05. The number of aromatic hydroxyl groups is 2. The molecule has 0 saturated heterocycles. The summed E-state index contributed by atoms with van der Waals surface area (Å²) < 4.78 is 0. The van der Waals surface area contributed by atoms with Crippen molar-refractivity contribution in [2.45, 2.75) is 0 Å². The second-order valence-electron chi connectivity index (χ2n) is 5.88. The number of nitrogens with zero attached hydrogens (tertiary/aromatic N) is 2. The Balaban J connectivity index is 1.89. The molecular weight excluding hydrogens is 324 g/mol. The van der Waals surface area contributed by atoms with Gasteiger partial charge in [0, 0.05) is 16.3 Å². The van der Waals surface area contributed by atoms with E-state index < -0.39 is 0 Å². The maximum atomic E-state index is 10.4. The van der Waals surface area contributed by atoms with Crippen LogP contribution in [0.1, 0.15) is 0 Å². The summed E-state index contributed by atoms with van der Waals surface area (Å²) in [6, 6.07) is 25.6. The first-order valence-electron chi connectivity index (χ1n) is 8.24. The molecule has 26 heavy (non-hydrogen) atoms. The molecular formula is C22H16N2O2. The van der Waals surface area contributed by atoms with Gasteiger partial charge in [-0.05, 0) is 42.0 Å². The Morgan fingerprint density at radius 2 is 1.31 bits per heavy atom. The first kappa shape index (κ1) is 15.8. The predicted molar refractivity (Wildman–Crippen MR) is 103 cm³/mol. The number of fused-ring (bicyclic) bond motifs is 1. The van der Waals surface area contributed by atoms with Crippen molar-refractivity contribution < 1.29 is 10.2 Å². The van der Waals surface area contributed by atoms with Gasteiger partial charge in [0.1, 0.15) is 11.5 Å². The first-order chi connectivity index (χ1) is 12.7. The van der Waals surface area contributed by atoms with E-state index in [0.29, 0.717) is 16.5 Å². The van der Waals surface area contributed by atoms with Crippen molar-refractivity contribution in [2.75, 3.05) is 0 Å². The number of phenolic OH excluding ortho intramolecular Hbond substituents is 2. The largest absolute Gasteiger partial charge is 0.507 e. The molecule has 4 aromatic rings. The van der Waals surface area contributed by atoms with Gasteiger partial charge in [-0.3, -0.25) is 0 Å². The summed E-state index contributed by atoms with van der Waals surface area (Å²) in [4.78, 5) is 0. The quantitative estimate of drug-likeness (QED) is 0.428. The Hall–Kier alpha value is -3.66. The zero-order chi connectivity index (χ0) is 17.9. The summed E-state index contributed by atoms with van der Waals surface area (Å²) in [5.74, 6) is 0.242. The third-order valence-corrected chi connectivity index (χ3v) is 4.22. The standard InChI is InChI=1S/C22H16N2O2/c25-20-14-13-17(22-18(20)10-6-12-21(22)26)16-9-4-5-11-19(16)24-23-15-7-2-1-3-8-15/h1-14,25-26H. The van der Waals surface area contributed by atoms with Gasteiger partial charge in [-0.2, -0.15) is 5.11 Å². The van der Waals surface area contributed by atoms with Crippen molar-refractivity contribution in [3.63, 3.8) is 0 Å². The molecule has 4 rings (SSSR count). The van der Waals surface area contributed by atoms with Gasteiger partial charge >= 0.3 is 0 Å². The fraction of sp³-hybridized carbons (Fsp3) is 0. The van der Waals surface area contributed by atoms with Crippen molar-refractivity contribution in [3.8, 4) is 22.6 Å². The first-order valence-corrected chi connectivity index (χ1v) is 8.24. The van der Waals surface area contributed by atoms with Crippen LogP contribution in [0.3, 0.4) is 0 Å². The molecule has 0 bridgehead atoms. The van der Waals surface area contributed by atoms with Crippen molar-refractivity contribution >= 4 is 22.1 Å². The van der Waals surface area contributed by atoms with Gasteiger partial charge in [0.2, 0.25) is 0 Å². The normalized spacial score (nSPS) is 11.2. The zero-order valence-electron chi connectivity index (χ0n) is 13.9. The van der Waals surface area contributed by atoms with Crippen LogP contribution in [-0.4, -0.2) is 10.2 Å². The maximum absolute atomic E-state index is 10.4. The molecule has 0 heterocycles. The van der Waals surface area contributed by atoms with Crippen LogP contribution < -0.4 is 0 Å². The van der Waals surface area contributed by atoms with Crippen LogP contribution in [0.4, 0.5) is 11.4 Å². The topological polar surface area (TPSA) is 65.2 Å². The van der Waals surface area contributed by atoms with Crippen molar-refractivity contribution in [1.29, 1.82) is 0 Å². The monoisotopic (exact) mass is 340 g/mol. The van der Waals surface area contributed by atoms with E-state index in [2.05, 4.69) is 10.2 Å². The number of hydrogen-bond acceptors (Lipinski definition) is 4. The average Bonchev–Trinajstić information content (AvgIpc) is 2.68. The fourth-order valence-electron chi connectivity index (χ4n) is 2.99. The third kappa shape index (κ3) is 2.89. The Morgan fingerprint density at radius 3 is 2.15 bits per heavy atom. The molecule has 0 spiro atoms. The van der Waals surface area contributed by atoms with E-state index in [1.165, 1.54) is 0 Å². The molecule has 2 N–H and O–H groups in total. The molecule has 0 aliphatic rings. The highest BCUT2D eigenvalue weighted by Gasteiger charge is 2.13. The molecule has 0 aromatic heterocycles. The van der Waals surface area contributed by atoms with E-state index in [9.17, 15) is 10.2 Å². The smallest absolute Gasteiger partial charge is 0.124 e. The lowest BCUT2D eigenvalue weighted by Gasteiger charge is -2.11. The average molecular weight is 340 g/mol. The van der Waals surface area contributed by atoms with E-state index in [-0.39, 0.29) is 11.5 Å². The molecule has 0 aliphatic heterocycles. The second kappa shape index (κ2) is 6.69. The number of hydrogen-bond donors (Lipinski definition) is 2. The molecule has 126 valence electrons. The molecule has 0 aliphatic carbocycles. The lowest BCUT2D eigenvalue weighted by atomic mass is 9.96. The molecule has 0 saturated carbocycles. The molecule has 4 heteroatoms. The second-order valence-corrected chi connectivity index (χ2v) is 5.88. The highest BCUT2D eigenvalue weighted by atomic mass is 16.3. The predicted octanol–water partition coefficient (Wildman–Crippen LogP) is 6.33. The fourth-order valence-corrected chi connectivity index (χ4v) is 2.99. The van der Waals surface area contributed by atoms with E-state index in [4.69, 9.17) is 0 Å². The van der Waals surface area contributed by atoms with Crippen molar-refractivity contribution in [2.24, 2.45) is 10.2 Å². The minimum absolute atomic E-state index is 0.114. The zero-order valence-corrected chi connectivity index (χ0v) is 13.9. The summed E-state index contributed by atoms with van der Waals surface area (Å²) in [6.07, 6.45) is 0. The summed E-state index contributed by atoms with van der Waals surface area (Å²) in [5, 5.41) is 30.4. The van der Waals surface area contributed by atoms with Crippen LogP contribution in [0.15, 0.2) is 95.2 Å². The van der Waals surface area contributed by atoms with Gasteiger partial charge in [0.15, 0.2) is 0 Å². The Morgan fingerprint density at radius 1 is 0.538 bits per heavy atom. The van der Waals surface area contributed by atoms with Crippen LogP contribution in [0.5, 0.6) is 11.5 Å². The maximum Gasteiger partial charge on any atom is 0.124 e. The van der Waals surface area contributed by atoms with Crippen LogP contribution in [0.25, 0.3) is 21.9 Å². The number of phenols is 2. The minimum Gasteiger partial charge on any atom is -0.507 e. The van der Waals surface area contributed by atoms with E-state index in [0.717, 1.165) is 16.8 Å². The van der Waals surface area contributed by atoms with Gasteiger partial charge in [0.05, 0.1) is 11.4 Å². The third-order valence-electron chi connectivity index (χ3n) is 4.22. The van der Waals surface area contributed by atoms with Gasteiger partial charge in [-0.15, -0.1) is 5.11 Å². The molecule has 0 unspecified atom stereocenters. The summed E-state index contributed by atoms with van der Waals surface area (Å²) in [6.45, 7) is 0. The number of rotatable bonds is 3. The van der Waals surface area contributed by atoms with Gasteiger partial charge in [-0.1, -0.05) is 48.5 Å². The van der Waals surface area contributed by atoms with E-state index in [1.807, 2.05) is 54.6 Å². The number of benzene rings is 4. The Labute approximate surface area is 150 Å². The summed E-state index contributed by atoms with van der Waals surface area (Å²) in [7, 11) is 0. The lowest BCUT2D eigenvalue weighted by molar-refractivity contribution is 0.476. The number of azo groups is 1. The van der Waals surface area contributed by atoms with Gasteiger partial charge in [0.25, 0.3) is 0 Å². The molecule has 0 amide bonds. The van der Waals surface area contributed by atoms with Crippen molar-refractivity contribution in [1.82, 2.24) is 0 Å². The van der Waals surface area contributed by atoms with Crippen LogP contribution in [-0.2, 0) is 0 Å². The molecule has 0 radical (unpaired) electrons. The summed E-state index contributed by atoms with van der Waals surface area (Å²) in [5.41, 5.74) is 3.07. The van der Waals surface area contributed by atoms with Crippen molar-refractivity contribution in [3.05, 3.63) is 84.9 Å². The Bertz CT molecular complexity index is 1110. The highest BCUT2D eigenvalue weighted by Crippen LogP contribution is 2.42. The van der Waals surface area contributed by atoms with Crippen LogP contribution >= 0.6 is 0 Å². The van der Waals surface area contributed by atoms with Gasteiger partial charge < -0.3 is 10.2 Å². The SMILES string of the molecule is Oc1ccc(-c2ccccc2N=Nc2ccccc2)c2c(O)cccc12. The lowest BCUT2D eigenvalue weighted by Crippen LogP contribution is -1.84. The summed E-state index contributed by atoms with van der Waals surface area (Å²) >= 11 is 0. The molecule has 0 fully saturated rings. The van der Waals surface area contributed by atoms with E-state index in [1.54, 1.807) is 30.3 Å².